The van der Waals surface area contributed by atoms with Crippen LogP contribution in [0.5, 0.6) is 0 Å². The van der Waals surface area contributed by atoms with Crippen molar-refractivity contribution in [2.24, 2.45) is 21.1 Å². The summed E-state index contributed by atoms with van der Waals surface area (Å²) in [5.74, 6) is 0.580. The molecule has 2 atom stereocenters. The van der Waals surface area contributed by atoms with Crippen LogP contribution in [0.15, 0.2) is 15.2 Å². The van der Waals surface area contributed by atoms with E-state index in [9.17, 15) is 0 Å². The smallest absolute Gasteiger partial charge is 0.157 e. The molecule has 0 saturated carbocycles. The van der Waals surface area contributed by atoms with E-state index in [0.29, 0.717) is 5.92 Å². The molecule has 0 radical (unpaired) electrons. The van der Waals surface area contributed by atoms with Crippen molar-refractivity contribution in [2.45, 2.75) is 39.8 Å². The number of aliphatic imine (C=N–C) groups is 1. The Balaban J connectivity index is 2.73. The average molecular weight is 167 g/mol. The van der Waals surface area contributed by atoms with Crippen molar-refractivity contribution in [1.82, 2.24) is 0 Å². The number of azo groups is 1. The van der Waals surface area contributed by atoms with E-state index in [1.54, 1.807) is 0 Å². The molecule has 0 aromatic rings. The largest absolute Gasteiger partial charge is 0.265 e. The van der Waals surface area contributed by atoms with Gasteiger partial charge in [-0.2, -0.15) is 10.2 Å². The van der Waals surface area contributed by atoms with Crippen molar-refractivity contribution in [2.75, 3.05) is 6.54 Å². The van der Waals surface area contributed by atoms with Crippen molar-refractivity contribution in [1.29, 1.82) is 0 Å². The van der Waals surface area contributed by atoms with E-state index in [1.807, 2.05) is 6.92 Å². The van der Waals surface area contributed by atoms with Crippen molar-refractivity contribution < 1.29 is 0 Å². The van der Waals surface area contributed by atoms with Crippen LogP contribution in [0.1, 0.15) is 33.6 Å². The molecule has 1 aliphatic heterocycles. The Morgan fingerprint density at radius 3 is 2.83 bits per heavy atom. The van der Waals surface area contributed by atoms with Crippen LogP contribution >= 0.6 is 0 Å². The number of rotatable bonds is 1. The van der Waals surface area contributed by atoms with Crippen molar-refractivity contribution in [3.05, 3.63) is 0 Å². The third kappa shape index (κ3) is 2.40. The van der Waals surface area contributed by atoms with Crippen LogP contribution in [0.2, 0.25) is 0 Å². The van der Waals surface area contributed by atoms with Gasteiger partial charge in [0.1, 0.15) is 0 Å². The van der Waals surface area contributed by atoms with Gasteiger partial charge < -0.3 is 0 Å². The van der Waals surface area contributed by atoms with Gasteiger partial charge in [-0.05, 0) is 25.7 Å². The lowest BCUT2D eigenvalue weighted by Crippen LogP contribution is -2.15. The molecule has 0 aromatic carbocycles. The van der Waals surface area contributed by atoms with Crippen LogP contribution in [0.3, 0.4) is 0 Å². The van der Waals surface area contributed by atoms with Crippen LogP contribution in [0.4, 0.5) is 0 Å². The minimum absolute atomic E-state index is 0.0303. The van der Waals surface area contributed by atoms with Gasteiger partial charge in [-0.3, -0.25) is 4.99 Å². The van der Waals surface area contributed by atoms with E-state index < -0.39 is 0 Å². The molecule has 1 rings (SSSR count). The molecule has 68 valence electrons. The van der Waals surface area contributed by atoms with Gasteiger partial charge in [0, 0.05) is 5.71 Å². The summed E-state index contributed by atoms with van der Waals surface area (Å²) < 4.78 is 0. The fourth-order valence-corrected chi connectivity index (χ4v) is 1.43. The van der Waals surface area contributed by atoms with Gasteiger partial charge in [0.25, 0.3) is 0 Å². The second-order valence-electron chi connectivity index (χ2n) is 3.28. The van der Waals surface area contributed by atoms with E-state index in [-0.39, 0.29) is 6.17 Å². The zero-order valence-corrected chi connectivity index (χ0v) is 8.12. The second kappa shape index (κ2) is 4.33. The zero-order chi connectivity index (χ0) is 8.97. The predicted molar refractivity (Wildman–Crippen MR) is 50.7 cm³/mol. The van der Waals surface area contributed by atoms with Gasteiger partial charge in [0.2, 0.25) is 0 Å². The molecule has 1 aliphatic rings. The highest BCUT2D eigenvalue weighted by Gasteiger charge is 2.11. The number of hydrogen-bond donors (Lipinski definition) is 0. The maximum Gasteiger partial charge on any atom is 0.157 e. The predicted octanol–water partition coefficient (Wildman–Crippen LogP) is 2.68. The van der Waals surface area contributed by atoms with Crippen LogP contribution in [0, 0.1) is 5.92 Å². The van der Waals surface area contributed by atoms with Crippen LogP contribution in [-0.2, 0) is 0 Å². The summed E-state index contributed by atoms with van der Waals surface area (Å²) >= 11 is 0. The quantitative estimate of drug-likeness (QED) is 0.576. The summed E-state index contributed by atoms with van der Waals surface area (Å²) in [5, 5.41) is 8.10. The van der Waals surface area contributed by atoms with E-state index in [2.05, 4.69) is 29.1 Å². The van der Waals surface area contributed by atoms with Crippen molar-refractivity contribution >= 4 is 5.71 Å². The molecule has 3 nitrogen and oxygen atoms in total. The highest BCUT2D eigenvalue weighted by atomic mass is 15.2. The third-order valence-corrected chi connectivity index (χ3v) is 2.19. The summed E-state index contributed by atoms with van der Waals surface area (Å²) in [6.45, 7) is 7.21. The maximum atomic E-state index is 4.49. The van der Waals surface area contributed by atoms with Gasteiger partial charge >= 0.3 is 0 Å². The fraction of sp³-hybridized carbons (Fsp3) is 0.889. The Bertz CT molecular complexity index is 196. The average Bonchev–Trinajstić information content (AvgIpc) is 2.05. The maximum absolute atomic E-state index is 4.49. The molecule has 0 aliphatic carbocycles. The minimum atomic E-state index is 0.0303. The van der Waals surface area contributed by atoms with Gasteiger partial charge in [-0.25, -0.2) is 0 Å². The first kappa shape index (κ1) is 9.36. The monoisotopic (exact) mass is 167 g/mol. The highest BCUT2D eigenvalue weighted by molar-refractivity contribution is 5.86. The van der Waals surface area contributed by atoms with Gasteiger partial charge in [-0.15, -0.1) is 0 Å². The van der Waals surface area contributed by atoms with E-state index >= 15 is 0 Å². The van der Waals surface area contributed by atoms with Crippen molar-refractivity contribution in [3.8, 4) is 0 Å². The molecule has 0 fully saturated rings. The molecular formula is C9H17N3. The molecule has 0 saturated heterocycles. The summed E-state index contributed by atoms with van der Waals surface area (Å²) in [5.41, 5.74) is 1.29. The molecule has 12 heavy (non-hydrogen) atoms. The summed E-state index contributed by atoms with van der Waals surface area (Å²) in [7, 11) is 0. The molecule has 0 bridgehead atoms. The Kier molecular flexibility index (Phi) is 3.38. The SMILES string of the molecule is CCC1=NC(C)N=NCCC1C. The fourth-order valence-electron chi connectivity index (χ4n) is 1.43. The highest BCUT2D eigenvalue weighted by Crippen LogP contribution is 2.12. The Morgan fingerprint density at radius 1 is 1.42 bits per heavy atom. The number of nitrogens with zero attached hydrogens (tertiary/aromatic N) is 3. The Hall–Kier alpha value is -0.730. The topological polar surface area (TPSA) is 37.1 Å². The van der Waals surface area contributed by atoms with E-state index in [4.69, 9.17) is 0 Å². The summed E-state index contributed by atoms with van der Waals surface area (Å²) in [6, 6.07) is 0. The first-order valence-electron chi connectivity index (χ1n) is 4.67. The lowest BCUT2D eigenvalue weighted by atomic mass is 9.99. The second-order valence-corrected chi connectivity index (χ2v) is 3.28. The Morgan fingerprint density at radius 2 is 2.17 bits per heavy atom. The molecule has 3 heteroatoms. The molecular weight excluding hydrogens is 150 g/mol. The van der Waals surface area contributed by atoms with Crippen LogP contribution in [0.25, 0.3) is 0 Å². The molecule has 1 heterocycles. The lowest BCUT2D eigenvalue weighted by Gasteiger charge is -2.15. The standard InChI is InChI=1S/C9H17N3/c1-4-9-7(2)5-6-10-12-8(3)11-9/h7-8H,4-6H2,1-3H3. The van der Waals surface area contributed by atoms with Gasteiger partial charge in [-0.1, -0.05) is 13.8 Å². The summed E-state index contributed by atoms with van der Waals surface area (Å²) in [6.07, 6.45) is 2.16. The van der Waals surface area contributed by atoms with Gasteiger partial charge in [0.15, 0.2) is 6.17 Å². The first-order valence-corrected chi connectivity index (χ1v) is 4.67. The zero-order valence-electron chi connectivity index (χ0n) is 8.12. The molecule has 2 unspecified atom stereocenters. The van der Waals surface area contributed by atoms with Crippen LogP contribution < -0.4 is 0 Å². The molecule has 0 amide bonds. The van der Waals surface area contributed by atoms with Crippen molar-refractivity contribution in [3.63, 3.8) is 0 Å². The summed E-state index contributed by atoms with van der Waals surface area (Å²) in [4.78, 5) is 4.49. The van der Waals surface area contributed by atoms with E-state index in [1.165, 1.54) is 5.71 Å². The normalized spacial score (nSPS) is 30.8. The van der Waals surface area contributed by atoms with E-state index in [0.717, 1.165) is 19.4 Å². The number of hydrogen-bond acceptors (Lipinski definition) is 3. The molecule has 0 N–H and O–H groups in total. The molecule has 0 aromatic heterocycles. The lowest BCUT2D eigenvalue weighted by molar-refractivity contribution is 0.603. The van der Waals surface area contributed by atoms with Crippen LogP contribution in [-0.4, -0.2) is 18.4 Å². The Labute approximate surface area is 74.0 Å². The third-order valence-electron chi connectivity index (χ3n) is 2.19. The minimum Gasteiger partial charge on any atom is -0.265 e. The van der Waals surface area contributed by atoms with Gasteiger partial charge in [0.05, 0.1) is 6.54 Å². The molecule has 0 spiro atoms. The first-order chi connectivity index (χ1) is 5.74.